The monoisotopic (exact) mass is 589 g/mol. The molecule has 2 fully saturated rings. The fourth-order valence-corrected chi connectivity index (χ4v) is 5.86. The number of anilines is 1. The first-order valence-corrected chi connectivity index (χ1v) is 13.5. The number of alkyl halides is 3. The highest BCUT2D eigenvalue weighted by molar-refractivity contribution is 6.03. The lowest BCUT2D eigenvalue weighted by Crippen LogP contribution is -2.43. The number of rotatable bonds is 6. The number of carbonyl (C=O) groups excluding carboxylic acids is 2. The predicted molar refractivity (Wildman–Crippen MR) is 147 cm³/mol. The zero-order valence-corrected chi connectivity index (χ0v) is 23.9. The Bertz CT molecular complexity index is 1520. The van der Waals surface area contributed by atoms with E-state index in [1.54, 1.807) is 15.8 Å². The molecule has 42 heavy (non-hydrogen) atoms. The van der Waals surface area contributed by atoms with Crippen LogP contribution in [0.3, 0.4) is 0 Å². The lowest BCUT2D eigenvalue weighted by Gasteiger charge is -2.45. The summed E-state index contributed by atoms with van der Waals surface area (Å²) >= 11 is 0. The summed E-state index contributed by atoms with van der Waals surface area (Å²) in [7, 11) is 1.38. The van der Waals surface area contributed by atoms with Crippen LogP contribution in [-0.2, 0) is 17.5 Å². The summed E-state index contributed by atoms with van der Waals surface area (Å²) in [6, 6.07) is 3.14. The second kappa shape index (κ2) is 10.2. The molecule has 0 bridgehead atoms. The maximum atomic E-state index is 13.3. The van der Waals surface area contributed by atoms with Crippen molar-refractivity contribution in [1.82, 2.24) is 24.5 Å². The van der Waals surface area contributed by atoms with Crippen molar-refractivity contribution < 1.29 is 32.2 Å². The van der Waals surface area contributed by atoms with E-state index in [1.807, 2.05) is 20.8 Å². The Balaban J connectivity index is 1.34. The van der Waals surface area contributed by atoms with Crippen molar-refractivity contribution in [1.29, 1.82) is 0 Å². The van der Waals surface area contributed by atoms with Crippen LogP contribution in [0.15, 0.2) is 30.6 Å². The number of nitrogens with two attached hydrogens (primary N) is 2. The zero-order chi connectivity index (χ0) is 30.6. The minimum atomic E-state index is -4.51. The summed E-state index contributed by atoms with van der Waals surface area (Å²) in [4.78, 5) is 26.7. The summed E-state index contributed by atoms with van der Waals surface area (Å²) in [6.45, 7) is 6.64. The Morgan fingerprint density at radius 3 is 2.52 bits per heavy atom. The summed E-state index contributed by atoms with van der Waals surface area (Å²) < 4.78 is 53.6. The van der Waals surface area contributed by atoms with E-state index in [9.17, 15) is 22.8 Å². The van der Waals surface area contributed by atoms with Crippen LogP contribution in [0.2, 0.25) is 0 Å². The SMILES string of the molecule is COc1ccc(C(F)(F)F)cc1Cn1cc(-c2nn(C3CC4(CCN(C(=O)OC(C)(C)C)C4)C3)c(N)c2C(N)=O)cn1. The Labute approximate surface area is 240 Å². The molecule has 11 nitrogen and oxygen atoms in total. The van der Waals surface area contributed by atoms with Gasteiger partial charge in [-0.1, -0.05) is 0 Å². The van der Waals surface area contributed by atoms with Crippen LogP contribution in [-0.4, -0.2) is 62.3 Å². The molecule has 1 spiro atoms. The largest absolute Gasteiger partial charge is 0.496 e. The van der Waals surface area contributed by atoms with Crippen LogP contribution in [0.1, 0.15) is 67.6 Å². The highest BCUT2D eigenvalue weighted by atomic mass is 19.4. The van der Waals surface area contributed by atoms with E-state index in [1.165, 1.54) is 24.1 Å². The molecule has 226 valence electrons. The van der Waals surface area contributed by atoms with Gasteiger partial charge in [0.25, 0.3) is 5.91 Å². The van der Waals surface area contributed by atoms with Crippen LogP contribution in [0, 0.1) is 5.41 Å². The molecule has 3 aromatic rings. The molecule has 0 radical (unpaired) electrons. The van der Waals surface area contributed by atoms with Crippen molar-refractivity contribution in [3.8, 4) is 17.0 Å². The highest BCUT2D eigenvalue weighted by Gasteiger charge is 2.51. The minimum Gasteiger partial charge on any atom is -0.496 e. The molecule has 0 atom stereocenters. The summed E-state index contributed by atoms with van der Waals surface area (Å²) in [5.41, 5.74) is 11.6. The molecule has 5 rings (SSSR count). The lowest BCUT2D eigenvalue weighted by molar-refractivity contribution is -0.137. The van der Waals surface area contributed by atoms with Crippen LogP contribution < -0.4 is 16.2 Å². The van der Waals surface area contributed by atoms with Gasteiger partial charge in [0.15, 0.2) is 0 Å². The molecule has 1 aliphatic heterocycles. The van der Waals surface area contributed by atoms with Gasteiger partial charge >= 0.3 is 12.3 Å². The number of primary amides is 1. The molecule has 1 saturated heterocycles. The number of likely N-dealkylation sites (tertiary alicyclic amines) is 1. The second-order valence-electron chi connectivity index (χ2n) is 12.1. The first-order valence-electron chi connectivity index (χ1n) is 13.5. The molecule has 14 heteroatoms. The van der Waals surface area contributed by atoms with Gasteiger partial charge in [0.05, 0.1) is 31.5 Å². The first kappa shape index (κ1) is 29.3. The van der Waals surface area contributed by atoms with Gasteiger partial charge < -0.3 is 25.8 Å². The van der Waals surface area contributed by atoms with Crippen molar-refractivity contribution in [2.45, 2.75) is 64.4 Å². The van der Waals surface area contributed by atoms with E-state index in [4.69, 9.17) is 20.9 Å². The number of halogens is 3. The van der Waals surface area contributed by atoms with Gasteiger partial charge in [-0.05, 0) is 63.6 Å². The molecule has 1 saturated carbocycles. The van der Waals surface area contributed by atoms with Gasteiger partial charge in [0, 0.05) is 30.4 Å². The van der Waals surface area contributed by atoms with Crippen LogP contribution in [0.5, 0.6) is 5.75 Å². The molecule has 2 amide bonds. The maximum Gasteiger partial charge on any atom is 0.416 e. The van der Waals surface area contributed by atoms with Crippen LogP contribution in [0.4, 0.5) is 23.8 Å². The molecular formula is C28H34F3N7O4. The molecule has 3 heterocycles. The third-order valence-electron chi connectivity index (χ3n) is 7.81. The number of nitrogens with zero attached hydrogens (tertiary/aromatic N) is 5. The highest BCUT2D eigenvalue weighted by Crippen LogP contribution is 2.55. The van der Waals surface area contributed by atoms with Crippen LogP contribution in [0.25, 0.3) is 11.3 Å². The minimum absolute atomic E-state index is 0.0194. The zero-order valence-electron chi connectivity index (χ0n) is 23.9. The Morgan fingerprint density at radius 1 is 1.19 bits per heavy atom. The Morgan fingerprint density at radius 2 is 1.90 bits per heavy atom. The van der Waals surface area contributed by atoms with Gasteiger partial charge in [-0.3, -0.25) is 9.48 Å². The first-order chi connectivity index (χ1) is 19.6. The average molecular weight is 590 g/mol. The van der Waals surface area contributed by atoms with Gasteiger partial charge in [-0.15, -0.1) is 0 Å². The number of ether oxygens (including phenoxy) is 2. The number of hydrogen-bond donors (Lipinski definition) is 2. The normalized spacial score (nSPS) is 20.5. The van der Waals surface area contributed by atoms with E-state index in [0.29, 0.717) is 31.5 Å². The van der Waals surface area contributed by atoms with Crippen molar-refractivity contribution in [3.05, 3.63) is 47.3 Å². The number of aromatic nitrogens is 4. The molecule has 1 aromatic carbocycles. The summed E-state index contributed by atoms with van der Waals surface area (Å²) in [6.07, 6.45) is 0.427. The van der Waals surface area contributed by atoms with Crippen molar-refractivity contribution in [2.24, 2.45) is 11.1 Å². The van der Waals surface area contributed by atoms with Crippen molar-refractivity contribution in [2.75, 3.05) is 25.9 Å². The summed E-state index contributed by atoms with van der Waals surface area (Å²) in [5, 5.41) is 8.91. The van der Waals surface area contributed by atoms with Crippen molar-refractivity contribution >= 4 is 17.8 Å². The molecule has 0 unspecified atom stereocenters. The Kier molecular flexibility index (Phi) is 7.14. The number of benzene rings is 1. The molecule has 4 N–H and O–H groups in total. The predicted octanol–water partition coefficient (Wildman–Crippen LogP) is 4.47. The van der Waals surface area contributed by atoms with Gasteiger partial charge in [0.2, 0.25) is 0 Å². The van der Waals surface area contributed by atoms with E-state index in [2.05, 4.69) is 10.2 Å². The Hall–Kier alpha value is -4.23. The van der Waals surface area contributed by atoms with Crippen molar-refractivity contribution in [3.63, 3.8) is 0 Å². The average Bonchev–Trinajstić information content (AvgIpc) is 3.58. The van der Waals surface area contributed by atoms with Crippen LogP contribution >= 0.6 is 0 Å². The van der Waals surface area contributed by atoms with Gasteiger partial charge in [-0.25, -0.2) is 9.48 Å². The van der Waals surface area contributed by atoms with Gasteiger partial charge in [-0.2, -0.15) is 23.4 Å². The number of methoxy groups -OCH3 is 1. The third-order valence-corrected chi connectivity index (χ3v) is 7.81. The van der Waals surface area contributed by atoms with E-state index in [0.717, 1.165) is 18.6 Å². The molecule has 2 aromatic heterocycles. The quantitative estimate of drug-likeness (QED) is 0.432. The number of hydrogen-bond acceptors (Lipinski definition) is 7. The number of amides is 2. The third kappa shape index (κ3) is 5.61. The molecule has 1 aliphatic carbocycles. The lowest BCUT2D eigenvalue weighted by atomic mass is 9.65. The second-order valence-corrected chi connectivity index (χ2v) is 12.1. The fraction of sp³-hybridized carbons (Fsp3) is 0.500. The molecule has 2 aliphatic rings. The number of carbonyl (C=O) groups is 2. The number of nitrogen functional groups attached to an aromatic ring is 1. The topological polar surface area (TPSA) is 144 Å². The smallest absolute Gasteiger partial charge is 0.416 e. The maximum absolute atomic E-state index is 13.3. The van der Waals surface area contributed by atoms with E-state index >= 15 is 0 Å². The van der Waals surface area contributed by atoms with Gasteiger partial charge in [0.1, 0.15) is 28.4 Å². The van der Waals surface area contributed by atoms with E-state index < -0.39 is 23.2 Å². The van der Waals surface area contributed by atoms with E-state index in [-0.39, 0.29) is 52.5 Å². The molecular weight excluding hydrogens is 555 g/mol. The summed E-state index contributed by atoms with van der Waals surface area (Å²) in [5.74, 6) is -0.346. The standard InChI is InChI=1S/C28H34F3N7O4/c1-26(2,3)42-25(40)36-8-7-27(15-36)10-19(11-27)38-23(32)21(24(33)39)22(35-38)17-12-34-37(14-17)13-16-9-18(28(29,30)31)5-6-20(16)41-4/h5-6,9,12,14,19H,7-8,10-11,13,15,32H2,1-4H3,(H2,33,39). The fourth-order valence-electron chi connectivity index (χ4n) is 5.86.